The van der Waals surface area contributed by atoms with Gasteiger partial charge in [-0.05, 0) is 47.8 Å². The zero-order valence-electron chi connectivity index (χ0n) is 12.6. The van der Waals surface area contributed by atoms with E-state index in [2.05, 4.69) is 38.0 Å². The summed E-state index contributed by atoms with van der Waals surface area (Å²) in [7, 11) is 1.74. The first-order valence-electron chi connectivity index (χ1n) is 7.68. The molecule has 2 rings (SSSR count). The third-order valence-electron chi connectivity index (χ3n) is 4.26. The number of ether oxygens (including phenoxy) is 1. The lowest BCUT2D eigenvalue weighted by Crippen LogP contribution is -2.31. The Morgan fingerprint density at radius 2 is 2.25 bits per heavy atom. The van der Waals surface area contributed by atoms with E-state index in [0.717, 1.165) is 30.0 Å². The van der Waals surface area contributed by atoms with Crippen LogP contribution in [0.2, 0.25) is 0 Å². The summed E-state index contributed by atoms with van der Waals surface area (Å²) in [6, 6.07) is 0. The van der Waals surface area contributed by atoms with E-state index in [4.69, 9.17) is 4.74 Å². The first-order chi connectivity index (χ1) is 9.77. The molecule has 1 saturated carbocycles. The summed E-state index contributed by atoms with van der Waals surface area (Å²) in [6.45, 7) is 5.89. The second kappa shape index (κ2) is 8.15. The van der Waals surface area contributed by atoms with Crippen molar-refractivity contribution in [2.45, 2.75) is 45.1 Å². The van der Waals surface area contributed by atoms with Crippen molar-refractivity contribution >= 4 is 15.9 Å². The van der Waals surface area contributed by atoms with E-state index in [0.29, 0.717) is 12.5 Å². The van der Waals surface area contributed by atoms with Gasteiger partial charge in [0.05, 0.1) is 29.5 Å². The van der Waals surface area contributed by atoms with E-state index in [-0.39, 0.29) is 0 Å². The van der Waals surface area contributed by atoms with Crippen LogP contribution in [0.15, 0.2) is 10.7 Å². The molecule has 0 aromatic carbocycles. The topological polar surface area (TPSA) is 39.1 Å². The quantitative estimate of drug-likeness (QED) is 0.826. The lowest BCUT2D eigenvalue weighted by atomic mass is 9.77. The molecule has 0 aliphatic heterocycles. The van der Waals surface area contributed by atoms with Gasteiger partial charge in [-0.2, -0.15) is 5.10 Å². The van der Waals surface area contributed by atoms with Gasteiger partial charge in [-0.25, -0.2) is 0 Å². The van der Waals surface area contributed by atoms with E-state index >= 15 is 0 Å². The van der Waals surface area contributed by atoms with E-state index in [9.17, 15) is 0 Å². The van der Waals surface area contributed by atoms with Crippen LogP contribution in [0.5, 0.6) is 0 Å². The molecule has 1 heterocycles. The molecule has 0 spiro atoms. The summed E-state index contributed by atoms with van der Waals surface area (Å²) >= 11 is 3.70. The molecule has 1 aliphatic carbocycles. The maximum Gasteiger partial charge on any atom is 0.0658 e. The molecule has 5 heteroatoms. The van der Waals surface area contributed by atoms with Crippen molar-refractivity contribution in [3.63, 3.8) is 0 Å². The van der Waals surface area contributed by atoms with Gasteiger partial charge in [0.1, 0.15) is 0 Å². The Morgan fingerprint density at radius 1 is 1.45 bits per heavy atom. The number of halogens is 1. The number of aromatic nitrogens is 2. The highest BCUT2D eigenvalue weighted by Crippen LogP contribution is 2.40. The van der Waals surface area contributed by atoms with Crippen molar-refractivity contribution < 1.29 is 4.74 Å². The second-order valence-corrected chi connectivity index (χ2v) is 6.41. The van der Waals surface area contributed by atoms with Gasteiger partial charge in [-0.1, -0.05) is 19.8 Å². The fraction of sp³-hybridized carbons (Fsp3) is 0.800. The summed E-state index contributed by atoms with van der Waals surface area (Å²) in [5.41, 5.74) is 1.37. The molecule has 0 amide bonds. The molecule has 1 aromatic rings. The molecule has 0 radical (unpaired) electrons. The Bertz CT molecular complexity index is 408. The fourth-order valence-corrected chi connectivity index (χ4v) is 3.83. The van der Waals surface area contributed by atoms with Gasteiger partial charge < -0.3 is 10.1 Å². The molecule has 0 saturated heterocycles. The molecule has 1 fully saturated rings. The Kier molecular flexibility index (Phi) is 6.52. The molecule has 1 aromatic heterocycles. The molecule has 1 aliphatic rings. The van der Waals surface area contributed by atoms with Crippen LogP contribution >= 0.6 is 15.9 Å². The minimum atomic E-state index is 0.608. The number of nitrogens with zero attached hydrogens (tertiary/aromatic N) is 2. The summed E-state index contributed by atoms with van der Waals surface area (Å²) in [5.74, 6) is 1.33. The summed E-state index contributed by atoms with van der Waals surface area (Å²) < 4.78 is 8.48. The van der Waals surface area contributed by atoms with E-state index in [1.165, 1.54) is 31.4 Å². The van der Waals surface area contributed by atoms with Crippen molar-refractivity contribution in [3.8, 4) is 0 Å². The van der Waals surface area contributed by atoms with Gasteiger partial charge in [0, 0.05) is 13.0 Å². The van der Waals surface area contributed by atoms with Crippen molar-refractivity contribution in [3.05, 3.63) is 16.4 Å². The fourth-order valence-electron chi connectivity index (χ4n) is 3.24. The largest absolute Gasteiger partial charge is 0.383 e. The Hall–Kier alpha value is -0.390. The maximum atomic E-state index is 5.20. The lowest BCUT2D eigenvalue weighted by molar-refractivity contribution is 0.179. The van der Waals surface area contributed by atoms with Crippen LogP contribution in [-0.2, 0) is 11.3 Å². The normalized spacial score (nSPS) is 23.1. The van der Waals surface area contributed by atoms with Crippen LogP contribution in [0.25, 0.3) is 0 Å². The van der Waals surface area contributed by atoms with Gasteiger partial charge >= 0.3 is 0 Å². The van der Waals surface area contributed by atoms with Gasteiger partial charge in [0.15, 0.2) is 0 Å². The number of hydrogen-bond acceptors (Lipinski definition) is 3. The summed E-state index contributed by atoms with van der Waals surface area (Å²) in [5, 5.41) is 8.03. The lowest BCUT2D eigenvalue weighted by Gasteiger charge is -2.32. The predicted octanol–water partition coefficient (Wildman–Crippen LogP) is 3.18. The third kappa shape index (κ3) is 3.83. The third-order valence-corrected chi connectivity index (χ3v) is 4.87. The maximum absolute atomic E-state index is 5.20. The molecule has 1 N–H and O–H groups in total. The summed E-state index contributed by atoms with van der Waals surface area (Å²) in [4.78, 5) is 0. The van der Waals surface area contributed by atoms with Crippen molar-refractivity contribution in [2.75, 3.05) is 26.8 Å². The molecular formula is C15H26BrN3O. The average molecular weight is 344 g/mol. The highest BCUT2D eigenvalue weighted by molar-refractivity contribution is 9.10. The number of nitrogens with one attached hydrogen (secondary N) is 1. The van der Waals surface area contributed by atoms with E-state index in [1.807, 2.05) is 6.20 Å². The molecule has 114 valence electrons. The molecule has 4 nitrogen and oxygen atoms in total. The van der Waals surface area contributed by atoms with Crippen LogP contribution in [0.3, 0.4) is 0 Å². The van der Waals surface area contributed by atoms with Gasteiger partial charge in [-0.15, -0.1) is 0 Å². The molecule has 20 heavy (non-hydrogen) atoms. The Balaban J connectivity index is 2.15. The minimum Gasteiger partial charge on any atom is -0.383 e. The highest BCUT2D eigenvalue weighted by Gasteiger charge is 2.30. The standard InChI is InChI=1S/C15H26BrN3O/c1-3-17-10-12-6-4-5-7-13(12)15-14(16)11-18-19(15)8-9-20-2/h11-13,17H,3-10H2,1-2H3. The zero-order chi connectivity index (χ0) is 14.4. The number of rotatable bonds is 7. The predicted molar refractivity (Wildman–Crippen MR) is 85.0 cm³/mol. The molecule has 2 atom stereocenters. The average Bonchev–Trinajstić information content (AvgIpc) is 2.84. The Morgan fingerprint density at radius 3 is 3.00 bits per heavy atom. The van der Waals surface area contributed by atoms with E-state index in [1.54, 1.807) is 7.11 Å². The van der Waals surface area contributed by atoms with E-state index < -0.39 is 0 Å². The monoisotopic (exact) mass is 343 g/mol. The van der Waals surface area contributed by atoms with Crippen LogP contribution in [0.1, 0.15) is 44.2 Å². The van der Waals surface area contributed by atoms with Crippen LogP contribution in [0, 0.1) is 5.92 Å². The van der Waals surface area contributed by atoms with Crippen molar-refractivity contribution in [2.24, 2.45) is 5.92 Å². The number of methoxy groups -OCH3 is 1. The zero-order valence-corrected chi connectivity index (χ0v) is 14.2. The second-order valence-electron chi connectivity index (χ2n) is 5.55. The van der Waals surface area contributed by atoms with Gasteiger partial charge in [-0.3, -0.25) is 4.68 Å². The van der Waals surface area contributed by atoms with Crippen LogP contribution in [0.4, 0.5) is 0 Å². The van der Waals surface area contributed by atoms with Crippen LogP contribution < -0.4 is 5.32 Å². The van der Waals surface area contributed by atoms with Crippen molar-refractivity contribution in [1.82, 2.24) is 15.1 Å². The van der Waals surface area contributed by atoms with Gasteiger partial charge in [0.2, 0.25) is 0 Å². The summed E-state index contributed by atoms with van der Waals surface area (Å²) in [6.07, 6.45) is 7.21. The SMILES string of the molecule is CCNCC1CCCCC1c1c(Br)cnn1CCOC. The minimum absolute atomic E-state index is 0.608. The first-order valence-corrected chi connectivity index (χ1v) is 8.48. The van der Waals surface area contributed by atoms with Gasteiger partial charge in [0.25, 0.3) is 0 Å². The molecular weight excluding hydrogens is 318 g/mol. The smallest absolute Gasteiger partial charge is 0.0658 e. The van der Waals surface area contributed by atoms with Crippen molar-refractivity contribution in [1.29, 1.82) is 0 Å². The first kappa shape index (κ1) is 16.0. The Labute approximate surface area is 130 Å². The number of hydrogen-bond donors (Lipinski definition) is 1. The highest BCUT2D eigenvalue weighted by atomic mass is 79.9. The van der Waals surface area contributed by atoms with Crippen LogP contribution in [-0.4, -0.2) is 36.6 Å². The molecule has 2 unspecified atom stereocenters. The molecule has 0 bridgehead atoms.